The van der Waals surface area contributed by atoms with Gasteiger partial charge in [0.2, 0.25) is 0 Å². The summed E-state index contributed by atoms with van der Waals surface area (Å²) in [6.07, 6.45) is -21.9. The average Bonchev–Trinajstić information content (AvgIpc) is 3.79. The molecule has 4 aliphatic carbocycles. The molecule has 6 heterocycles. The molecular formula is C50H82O21. The summed E-state index contributed by atoms with van der Waals surface area (Å²) in [4.78, 5) is 0. The molecule has 71 heavy (non-hydrogen) atoms. The zero-order chi connectivity index (χ0) is 50.8. The van der Waals surface area contributed by atoms with E-state index in [4.69, 9.17) is 47.4 Å². The summed E-state index contributed by atoms with van der Waals surface area (Å²) < 4.78 is 62.8. The lowest BCUT2D eigenvalue weighted by molar-refractivity contribution is -0.379. The predicted octanol–water partition coefficient (Wildman–Crippen LogP) is -1.24. The van der Waals surface area contributed by atoms with E-state index in [1.54, 1.807) is 6.92 Å². The zero-order valence-electron chi connectivity index (χ0n) is 41.7. The number of hydrogen-bond acceptors (Lipinski definition) is 21. The fourth-order valence-electron chi connectivity index (χ4n) is 15.8. The van der Waals surface area contributed by atoms with Crippen molar-refractivity contribution in [2.24, 2.45) is 52.3 Å². The van der Waals surface area contributed by atoms with Gasteiger partial charge in [-0.1, -0.05) is 27.7 Å². The maximum Gasteiger partial charge on any atom is 0.187 e. The van der Waals surface area contributed by atoms with Crippen LogP contribution < -0.4 is 0 Å². The first-order valence-electron chi connectivity index (χ1n) is 26.5. The van der Waals surface area contributed by atoms with E-state index < -0.39 is 153 Å². The fourth-order valence-corrected chi connectivity index (χ4v) is 15.8. The van der Waals surface area contributed by atoms with Crippen LogP contribution in [0.15, 0.2) is 0 Å². The number of rotatable bonds is 9. The highest BCUT2D eigenvalue weighted by molar-refractivity contribution is 5.17. The van der Waals surface area contributed by atoms with Gasteiger partial charge in [0.1, 0.15) is 79.4 Å². The molecule has 21 nitrogen and oxygen atoms in total. The molecule has 1 spiro atoms. The van der Waals surface area contributed by atoms with Crippen LogP contribution in [-0.4, -0.2) is 217 Å². The van der Waals surface area contributed by atoms with E-state index in [1.807, 2.05) is 0 Å². The maximum atomic E-state index is 12.0. The van der Waals surface area contributed by atoms with E-state index in [0.29, 0.717) is 36.7 Å². The topological polar surface area (TPSA) is 315 Å². The van der Waals surface area contributed by atoms with E-state index in [-0.39, 0.29) is 35.7 Å². The molecule has 0 bridgehead atoms. The van der Waals surface area contributed by atoms with Crippen LogP contribution in [0.25, 0.3) is 0 Å². The molecule has 0 amide bonds. The molecule has 0 radical (unpaired) electrons. The molecule has 10 fully saturated rings. The Bertz CT molecular complexity index is 1830. The molecular weight excluding hydrogens is 937 g/mol. The third-order valence-corrected chi connectivity index (χ3v) is 20.0. The Morgan fingerprint density at radius 1 is 0.563 bits per heavy atom. The number of fused-ring (bicyclic) bond motifs is 7. The van der Waals surface area contributed by atoms with Gasteiger partial charge in [0, 0.05) is 18.8 Å². The van der Waals surface area contributed by atoms with Crippen LogP contribution in [0.2, 0.25) is 0 Å². The van der Waals surface area contributed by atoms with Crippen LogP contribution in [0.3, 0.4) is 0 Å². The Balaban J connectivity index is 0.881. The van der Waals surface area contributed by atoms with Gasteiger partial charge in [-0.15, -0.1) is 0 Å². The number of aliphatic hydroxyl groups is 11. The predicted molar refractivity (Wildman–Crippen MR) is 241 cm³/mol. The Hall–Kier alpha value is -0.840. The summed E-state index contributed by atoms with van der Waals surface area (Å²) in [5, 5.41) is 120. The lowest BCUT2D eigenvalue weighted by Crippen LogP contribution is -2.65. The van der Waals surface area contributed by atoms with Gasteiger partial charge in [-0.3, -0.25) is 0 Å². The minimum Gasteiger partial charge on any atom is -0.394 e. The number of hydrogen-bond donors (Lipinski definition) is 11. The molecule has 11 N–H and O–H groups in total. The Morgan fingerprint density at radius 2 is 1.23 bits per heavy atom. The van der Waals surface area contributed by atoms with Gasteiger partial charge in [0.05, 0.1) is 50.3 Å². The molecule has 10 rings (SSSR count). The quantitative estimate of drug-likeness (QED) is 0.120. The zero-order valence-corrected chi connectivity index (χ0v) is 41.7. The molecule has 6 aliphatic heterocycles. The summed E-state index contributed by atoms with van der Waals surface area (Å²) in [5.41, 5.74) is -0.465. The van der Waals surface area contributed by atoms with Crippen molar-refractivity contribution in [1.82, 2.24) is 0 Å². The van der Waals surface area contributed by atoms with Crippen molar-refractivity contribution in [3.63, 3.8) is 0 Å². The second-order valence-electron chi connectivity index (χ2n) is 23.9. The molecule has 0 unspecified atom stereocenters. The number of ether oxygens (including phenoxy) is 10. The normalized spacial score (nSPS) is 59.5. The van der Waals surface area contributed by atoms with Gasteiger partial charge in [-0.2, -0.15) is 0 Å². The van der Waals surface area contributed by atoms with Crippen LogP contribution in [0.4, 0.5) is 0 Å². The molecule has 0 aromatic rings. The first-order valence-corrected chi connectivity index (χ1v) is 26.5. The highest BCUT2D eigenvalue weighted by Crippen LogP contribution is 2.72. The minimum absolute atomic E-state index is 0.00989. The summed E-state index contributed by atoms with van der Waals surface area (Å²) in [6.45, 7) is 12.0. The van der Waals surface area contributed by atoms with Crippen molar-refractivity contribution >= 4 is 0 Å². The van der Waals surface area contributed by atoms with Crippen LogP contribution >= 0.6 is 0 Å². The molecule has 21 heteroatoms. The summed E-state index contributed by atoms with van der Waals surface area (Å²) >= 11 is 0. The minimum atomic E-state index is -1.77. The van der Waals surface area contributed by atoms with Gasteiger partial charge in [-0.05, 0) is 105 Å². The van der Waals surface area contributed by atoms with Gasteiger partial charge in [0.15, 0.2) is 30.9 Å². The molecule has 4 saturated carbocycles. The van der Waals surface area contributed by atoms with Gasteiger partial charge in [-0.25, -0.2) is 0 Å². The van der Waals surface area contributed by atoms with Crippen LogP contribution in [0, 0.1) is 52.3 Å². The first-order chi connectivity index (χ1) is 33.6. The van der Waals surface area contributed by atoms with Crippen LogP contribution in [-0.2, 0) is 47.4 Å². The molecule has 32 atom stereocenters. The summed E-state index contributed by atoms with van der Waals surface area (Å²) in [5.74, 6) is 1.51. The lowest BCUT2D eigenvalue weighted by Gasteiger charge is -2.63. The smallest absolute Gasteiger partial charge is 0.187 e. The summed E-state index contributed by atoms with van der Waals surface area (Å²) in [6, 6.07) is 0. The molecule has 6 saturated heterocycles. The molecule has 0 aromatic carbocycles. The van der Waals surface area contributed by atoms with E-state index >= 15 is 0 Å². The van der Waals surface area contributed by atoms with Crippen molar-refractivity contribution in [2.45, 2.75) is 240 Å². The SMILES string of the molecule is C[C@@H]1CC[C@@]2(OC1)O[C@H]1C[C@@H]3[C@@H]4CC[C@@H]5C[C@H](O[C@@H]6O[C@@H](C)[C@H](O)[C@@H](O[C@@H]7OC[C@@H](O)[C@H](O)[C@H]7O[C@@H]7O[C@@H](C)[C@H](O)[C@@H](O)[C@H]7O)[C@H]6O)C[C@@H](O[C@@H]6O[C@H](CO)[C@@H](O)[C@H](O)[C@H]6O)[C@@]5(C)[C@H]4CC[C@@]3(C)[C@H]1[C@@H]2C. The highest BCUT2D eigenvalue weighted by Gasteiger charge is 2.70. The largest absolute Gasteiger partial charge is 0.394 e. The molecule has 0 aromatic heterocycles. The van der Waals surface area contributed by atoms with Crippen molar-refractivity contribution in [3.05, 3.63) is 0 Å². The maximum absolute atomic E-state index is 12.0. The first kappa shape index (κ1) is 53.6. The fraction of sp³-hybridized carbons (Fsp3) is 1.00. The van der Waals surface area contributed by atoms with Gasteiger partial charge in [0.25, 0.3) is 0 Å². The van der Waals surface area contributed by atoms with Gasteiger partial charge < -0.3 is 104 Å². The second-order valence-corrected chi connectivity index (χ2v) is 23.9. The number of aliphatic hydroxyl groups excluding tert-OH is 11. The lowest BCUT2D eigenvalue weighted by atomic mass is 9.43. The monoisotopic (exact) mass is 1020 g/mol. The Labute approximate surface area is 414 Å². The molecule has 10 aliphatic rings. The summed E-state index contributed by atoms with van der Waals surface area (Å²) in [7, 11) is 0. The van der Waals surface area contributed by atoms with Crippen molar-refractivity contribution in [3.8, 4) is 0 Å². The van der Waals surface area contributed by atoms with Crippen molar-refractivity contribution < 1.29 is 104 Å². The van der Waals surface area contributed by atoms with Gasteiger partial charge >= 0.3 is 0 Å². The Morgan fingerprint density at radius 3 is 1.92 bits per heavy atom. The van der Waals surface area contributed by atoms with Crippen molar-refractivity contribution in [1.29, 1.82) is 0 Å². The second kappa shape index (κ2) is 20.2. The van der Waals surface area contributed by atoms with E-state index in [0.717, 1.165) is 44.9 Å². The average molecular weight is 1020 g/mol. The van der Waals surface area contributed by atoms with Crippen LogP contribution in [0.1, 0.15) is 99.3 Å². The third-order valence-electron chi connectivity index (χ3n) is 20.0. The van der Waals surface area contributed by atoms with Crippen LogP contribution in [0.5, 0.6) is 0 Å². The van der Waals surface area contributed by atoms with E-state index in [9.17, 15) is 56.2 Å². The Kier molecular flexibility index (Phi) is 15.2. The van der Waals surface area contributed by atoms with E-state index in [2.05, 4.69) is 27.7 Å². The standard InChI is InChI=1S/C50H82O21/c1-19-9-12-50(63-17-19)20(2)32-29(71-50)15-27-25-8-7-23-13-24(14-31(49(23,6)26(25)10-11-48(27,32)5)68-45-40(60)38(58)36(56)30(16-51)67-45)66-46-41(61)42(34(54)22(4)65-46)69-47-43(35(55)28(52)18-62-47)70-44-39(59)37(57)33(53)21(3)64-44/h19-47,51-61H,7-18H2,1-6H3/t19-,20+,21+,22+,23-,24+,25-,26+,27-,28-,29+,30-,31-,32+,33+,34+,35+,36-,37-,38+,39-,40-,41-,42-,43-,44+,45+,46+,47+,48-,49-,50-/m1/s1. The van der Waals surface area contributed by atoms with E-state index in [1.165, 1.54) is 6.92 Å². The third kappa shape index (κ3) is 9.00. The molecule has 408 valence electrons. The highest BCUT2D eigenvalue weighted by atomic mass is 16.8. The van der Waals surface area contributed by atoms with Crippen molar-refractivity contribution in [2.75, 3.05) is 19.8 Å².